The molecule has 3 nitrogen and oxygen atoms in total. The van der Waals surface area contributed by atoms with Crippen molar-refractivity contribution in [2.45, 2.75) is 12.7 Å². The fourth-order valence-electron chi connectivity index (χ4n) is 1.40. The summed E-state index contributed by atoms with van der Waals surface area (Å²) in [5.74, 6) is 0. The maximum Gasteiger partial charge on any atom is 0.408 e. The SMILES string of the molecule is FC(F)(F)Cn1nccc1-c1ncccc1Cl. The van der Waals surface area contributed by atoms with Crippen molar-refractivity contribution < 1.29 is 13.2 Å². The molecule has 0 aliphatic heterocycles. The monoisotopic (exact) mass is 261 g/mol. The van der Waals surface area contributed by atoms with Gasteiger partial charge in [0, 0.05) is 12.4 Å². The van der Waals surface area contributed by atoms with Crippen LogP contribution in [0, 0.1) is 0 Å². The van der Waals surface area contributed by atoms with Gasteiger partial charge in [-0.05, 0) is 18.2 Å². The van der Waals surface area contributed by atoms with E-state index in [2.05, 4.69) is 10.1 Å². The van der Waals surface area contributed by atoms with E-state index in [4.69, 9.17) is 11.6 Å². The first-order chi connectivity index (χ1) is 7.97. The van der Waals surface area contributed by atoms with Crippen molar-refractivity contribution in [3.8, 4) is 11.4 Å². The molecule has 0 radical (unpaired) electrons. The minimum Gasteiger partial charge on any atom is -0.254 e. The van der Waals surface area contributed by atoms with E-state index < -0.39 is 12.7 Å². The van der Waals surface area contributed by atoms with Crippen molar-refractivity contribution >= 4 is 11.6 Å². The summed E-state index contributed by atoms with van der Waals surface area (Å²) in [7, 11) is 0. The molecule has 17 heavy (non-hydrogen) atoms. The summed E-state index contributed by atoms with van der Waals surface area (Å²) in [4.78, 5) is 3.95. The van der Waals surface area contributed by atoms with Crippen LogP contribution in [0.15, 0.2) is 30.6 Å². The third kappa shape index (κ3) is 2.76. The average molecular weight is 262 g/mol. The molecule has 0 spiro atoms. The van der Waals surface area contributed by atoms with Crippen LogP contribution in [0.3, 0.4) is 0 Å². The first kappa shape index (κ1) is 11.9. The van der Waals surface area contributed by atoms with Gasteiger partial charge in [-0.25, -0.2) is 0 Å². The molecule has 0 unspecified atom stereocenters. The summed E-state index contributed by atoms with van der Waals surface area (Å²) < 4.78 is 37.7. The van der Waals surface area contributed by atoms with E-state index >= 15 is 0 Å². The molecular formula is C10H7ClF3N3. The maximum absolute atomic E-state index is 12.3. The third-order valence-corrected chi connectivity index (χ3v) is 2.35. The first-order valence-electron chi connectivity index (χ1n) is 4.67. The number of halogens is 4. The molecule has 90 valence electrons. The number of pyridine rings is 1. The zero-order chi connectivity index (χ0) is 12.5. The number of alkyl halides is 3. The van der Waals surface area contributed by atoms with Crippen molar-refractivity contribution in [3.63, 3.8) is 0 Å². The highest BCUT2D eigenvalue weighted by atomic mass is 35.5. The van der Waals surface area contributed by atoms with Gasteiger partial charge in [0.15, 0.2) is 0 Å². The molecule has 0 saturated heterocycles. The Morgan fingerprint density at radius 1 is 1.24 bits per heavy atom. The lowest BCUT2D eigenvalue weighted by Gasteiger charge is -2.10. The molecule has 0 amide bonds. The summed E-state index contributed by atoms with van der Waals surface area (Å²) in [6, 6.07) is 4.62. The molecule has 0 bridgehead atoms. The zero-order valence-electron chi connectivity index (χ0n) is 8.45. The average Bonchev–Trinajstić information content (AvgIpc) is 2.64. The highest BCUT2D eigenvalue weighted by Gasteiger charge is 2.29. The topological polar surface area (TPSA) is 30.7 Å². The zero-order valence-corrected chi connectivity index (χ0v) is 9.20. The van der Waals surface area contributed by atoms with Crippen molar-refractivity contribution in [2.75, 3.05) is 0 Å². The van der Waals surface area contributed by atoms with Gasteiger partial charge in [0.2, 0.25) is 0 Å². The lowest BCUT2D eigenvalue weighted by Crippen LogP contribution is -2.19. The van der Waals surface area contributed by atoms with Crippen LogP contribution in [-0.2, 0) is 6.54 Å². The van der Waals surface area contributed by atoms with Gasteiger partial charge in [0.1, 0.15) is 12.2 Å². The molecule has 2 aromatic rings. The second kappa shape index (κ2) is 4.37. The van der Waals surface area contributed by atoms with Gasteiger partial charge in [0.25, 0.3) is 0 Å². The molecule has 0 atom stereocenters. The fourth-order valence-corrected chi connectivity index (χ4v) is 1.62. The van der Waals surface area contributed by atoms with E-state index in [1.54, 1.807) is 12.1 Å². The van der Waals surface area contributed by atoms with E-state index in [0.29, 0.717) is 0 Å². The molecule has 7 heteroatoms. The molecule has 0 fully saturated rings. The minimum atomic E-state index is -4.33. The molecule has 2 rings (SSSR count). The van der Waals surface area contributed by atoms with Crippen molar-refractivity contribution in [3.05, 3.63) is 35.6 Å². The summed E-state index contributed by atoms with van der Waals surface area (Å²) >= 11 is 5.87. The third-order valence-electron chi connectivity index (χ3n) is 2.05. The lowest BCUT2D eigenvalue weighted by atomic mass is 10.2. The fraction of sp³-hybridized carbons (Fsp3) is 0.200. The molecule has 0 N–H and O–H groups in total. The van der Waals surface area contributed by atoms with Crippen LogP contribution in [-0.4, -0.2) is 20.9 Å². The quantitative estimate of drug-likeness (QED) is 0.831. The van der Waals surface area contributed by atoms with Crippen LogP contribution in [0.4, 0.5) is 13.2 Å². The van der Waals surface area contributed by atoms with E-state index in [-0.39, 0.29) is 16.4 Å². The Hall–Kier alpha value is -1.56. The number of rotatable bonds is 2. The lowest BCUT2D eigenvalue weighted by molar-refractivity contribution is -0.142. The largest absolute Gasteiger partial charge is 0.408 e. The van der Waals surface area contributed by atoms with Crippen molar-refractivity contribution in [1.29, 1.82) is 0 Å². The minimum absolute atomic E-state index is 0.243. The number of aromatic nitrogens is 3. The van der Waals surface area contributed by atoms with Gasteiger partial charge in [-0.3, -0.25) is 9.67 Å². The molecule has 2 aromatic heterocycles. The predicted molar refractivity (Wildman–Crippen MR) is 56.5 cm³/mol. The normalized spacial score (nSPS) is 11.8. The van der Waals surface area contributed by atoms with Crippen LogP contribution >= 0.6 is 11.6 Å². The van der Waals surface area contributed by atoms with E-state index in [1.807, 2.05) is 0 Å². The molecule has 2 heterocycles. The standard InChI is InChI=1S/C10H7ClF3N3/c11-7-2-1-4-15-9(7)8-3-5-16-17(8)6-10(12,13)14/h1-5H,6H2. The molecule has 0 aromatic carbocycles. The molecule has 0 aliphatic rings. The molecular weight excluding hydrogens is 255 g/mol. The van der Waals surface area contributed by atoms with Gasteiger partial charge >= 0.3 is 6.18 Å². The Morgan fingerprint density at radius 3 is 2.65 bits per heavy atom. The summed E-state index contributed by atoms with van der Waals surface area (Å²) in [5.41, 5.74) is 0.531. The van der Waals surface area contributed by atoms with Crippen LogP contribution in [0.25, 0.3) is 11.4 Å². The van der Waals surface area contributed by atoms with E-state index in [0.717, 1.165) is 4.68 Å². The predicted octanol–water partition coefficient (Wildman–Crippen LogP) is 3.16. The van der Waals surface area contributed by atoms with Gasteiger partial charge in [-0.1, -0.05) is 11.6 Å². The van der Waals surface area contributed by atoms with E-state index in [9.17, 15) is 13.2 Å². The second-order valence-electron chi connectivity index (χ2n) is 3.32. The molecule has 0 saturated carbocycles. The Morgan fingerprint density at radius 2 is 2.00 bits per heavy atom. The second-order valence-corrected chi connectivity index (χ2v) is 3.73. The maximum atomic E-state index is 12.3. The Kier molecular flexibility index (Phi) is 3.06. The Balaban J connectivity index is 2.41. The smallest absolute Gasteiger partial charge is 0.254 e. The number of nitrogens with zero attached hydrogens (tertiary/aromatic N) is 3. The van der Waals surface area contributed by atoms with Crippen molar-refractivity contribution in [1.82, 2.24) is 14.8 Å². The summed E-state index contributed by atoms with van der Waals surface area (Å²) in [6.07, 6.45) is -1.58. The molecule has 0 aliphatic carbocycles. The Labute approximate surface area is 99.8 Å². The highest BCUT2D eigenvalue weighted by Crippen LogP contribution is 2.27. The van der Waals surface area contributed by atoms with Gasteiger partial charge in [0.05, 0.1) is 10.7 Å². The van der Waals surface area contributed by atoms with Crippen LogP contribution in [0.1, 0.15) is 0 Å². The van der Waals surface area contributed by atoms with Crippen LogP contribution < -0.4 is 0 Å². The van der Waals surface area contributed by atoms with E-state index in [1.165, 1.54) is 18.5 Å². The Bertz CT molecular complexity index is 522. The number of hydrogen-bond donors (Lipinski definition) is 0. The highest BCUT2D eigenvalue weighted by molar-refractivity contribution is 6.32. The van der Waals surface area contributed by atoms with Crippen LogP contribution in [0.2, 0.25) is 5.02 Å². The summed E-state index contributed by atoms with van der Waals surface area (Å²) in [5, 5.41) is 3.91. The van der Waals surface area contributed by atoms with Gasteiger partial charge in [-0.2, -0.15) is 18.3 Å². The first-order valence-corrected chi connectivity index (χ1v) is 5.04. The summed E-state index contributed by atoms with van der Waals surface area (Å²) in [6.45, 7) is -1.16. The van der Waals surface area contributed by atoms with Crippen LogP contribution in [0.5, 0.6) is 0 Å². The van der Waals surface area contributed by atoms with Crippen molar-refractivity contribution in [2.24, 2.45) is 0 Å². The van der Waals surface area contributed by atoms with Gasteiger partial charge in [-0.15, -0.1) is 0 Å². The van der Waals surface area contributed by atoms with Gasteiger partial charge < -0.3 is 0 Å². The number of hydrogen-bond acceptors (Lipinski definition) is 2.